The topological polar surface area (TPSA) is 148 Å². The monoisotopic (exact) mass is 996 g/mol. The van der Waals surface area contributed by atoms with Crippen LogP contribution in [0.25, 0.3) is 0 Å². The number of fused-ring (bicyclic) bond motifs is 2. The molecule has 73 heavy (non-hydrogen) atoms. The number of anilines is 3. The molecule has 11 rings (SSSR count). The summed E-state index contributed by atoms with van der Waals surface area (Å²) in [6, 6.07) is 23.4. The molecule has 0 bridgehead atoms. The maximum atomic E-state index is 14.8. The number of carbonyl (C=O) groups is 5. The molecule has 1 saturated carbocycles. The van der Waals surface area contributed by atoms with Crippen LogP contribution in [0, 0.1) is 11.8 Å². The number of amides is 5. The molecule has 1 aromatic heterocycles. The minimum absolute atomic E-state index is 0.00635. The molecule has 4 aromatic carbocycles. The van der Waals surface area contributed by atoms with Gasteiger partial charge >= 0.3 is 6.18 Å². The molecule has 3 saturated heterocycles. The van der Waals surface area contributed by atoms with Crippen molar-refractivity contribution in [2.45, 2.75) is 82.7 Å². The number of imide groups is 1. The summed E-state index contributed by atoms with van der Waals surface area (Å²) in [5, 5.41) is 10.9. The first-order valence-corrected chi connectivity index (χ1v) is 25.5. The van der Waals surface area contributed by atoms with Gasteiger partial charge in [0.1, 0.15) is 18.2 Å². The molecular formula is C55H59F3N10O5. The minimum Gasteiger partial charge on any atom is -0.368 e. The van der Waals surface area contributed by atoms with Crippen molar-refractivity contribution in [2.24, 2.45) is 18.9 Å². The maximum Gasteiger partial charge on any atom is 0.416 e. The largest absolute Gasteiger partial charge is 0.416 e. The van der Waals surface area contributed by atoms with E-state index < -0.39 is 29.6 Å². The molecule has 4 fully saturated rings. The van der Waals surface area contributed by atoms with E-state index in [9.17, 15) is 37.1 Å². The van der Waals surface area contributed by atoms with E-state index in [1.165, 1.54) is 11.0 Å². The summed E-state index contributed by atoms with van der Waals surface area (Å²) in [5.41, 5.74) is 5.43. The summed E-state index contributed by atoms with van der Waals surface area (Å²) in [4.78, 5) is 76.6. The quantitative estimate of drug-likeness (QED) is 0.130. The van der Waals surface area contributed by atoms with Crippen LogP contribution < -0.4 is 20.0 Å². The Morgan fingerprint density at radius 1 is 0.795 bits per heavy atom. The van der Waals surface area contributed by atoms with E-state index in [0.717, 1.165) is 86.6 Å². The molecule has 1 aliphatic carbocycles. The molecule has 0 unspecified atom stereocenters. The highest BCUT2D eigenvalue weighted by Crippen LogP contribution is 2.45. The highest BCUT2D eigenvalue weighted by Gasteiger charge is 2.42. The van der Waals surface area contributed by atoms with Crippen molar-refractivity contribution in [2.75, 3.05) is 67.6 Å². The number of nitrogens with one attached hydrogen (secondary N) is 1. The summed E-state index contributed by atoms with van der Waals surface area (Å²) >= 11 is 0. The van der Waals surface area contributed by atoms with Gasteiger partial charge in [0.25, 0.3) is 17.7 Å². The van der Waals surface area contributed by atoms with E-state index in [1.807, 2.05) is 79.3 Å². The SMILES string of the molecule is CN(CC1CCN(Cc2cc3c(c(C(F)(F)F)c2)CN(c2cccc([C@H](c4nncn4C)C4CCC4)c2)C3=O)CC1)C(=O)c1ccc(N2CCN(c3ccc4c(c3)CN([C@H]3CCC(=O)NC3=O)C4=O)CC2)cc1. The second kappa shape index (κ2) is 19.4. The Hall–Kier alpha value is -7.08. The van der Waals surface area contributed by atoms with E-state index >= 15 is 0 Å². The first-order chi connectivity index (χ1) is 35.2. The molecule has 5 aromatic rings. The Balaban J connectivity index is 0.667. The molecule has 6 heterocycles. The first kappa shape index (κ1) is 48.2. The number of aryl methyl sites for hydroxylation is 1. The van der Waals surface area contributed by atoms with Gasteiger partial charge in [0.15, 0.2) is 0 Å². The number of rotatable bonds is 12. The van der Waals surface area contributed by atoms with Crippen molar-refractivity contribution in [1.82, 2.24) is 34.8 Å². The summed E-state index contributed by atoms with van der Waals surface area (Å²) in [5.74, 6) is -0.0309. The van der Waals surface area contributed by atoms with Crippen molar-refractivity contribution >= 4 is 46.6 Å². The number of benzene rings is 4. The average Bonchev–Trinajstić information content (AvgIpc) is 4.05. The van der Waals surface area contributed by atoms with E-state index in [-0.39, 0.29) is 60.2 Å². The lowest BCUT2D eigenvalue weighted by Gasteiger charge is -2.37. The van der Waals surface area contributed by atoms with Crippen LogP contribution in [-0.2, 0) is 42.4 Å². The van der Waals surface area contributed by atoms with Gasteiger partial charge in [-0.2, -0.15) is 13.2 Å². The van der Waals surface area contributed by atoms with Crippen molar-refractivity contribution in [3.8, 4) is 0 Å². The Kier molecular flexibility index (Phi) is 12.8. The smallest absolute Gasteiger partial charge is 0.368 e. The van der Waals surface area contributed by atoms with Crippen LogP contribution in [0.1, 0.15) is 116 Å². The van der Waals surface area contributed by atoms with Gasteiger partial charge in [-0.3, -0.25) is 34.2 Å². The summed E-state index contributed by atoms with van der Waals surface area (Å²) in [7, 11) is 3.72. The van der Waals surface area contributed by atoms with Gasteiger partial charge in [0.05, 0.1) is 12.1 Å². The van der Waals surface area contributed by atoms with Gasteiger partial charge in [0, 0.05) is 106 Å². The van der Waals surface area contributed by atoms with Crippen LogP contribution in [0.15, 0.2) is 85.2 Å². The average molecular weight is 997 g/mol. The number of alkyl halides is 3. The molecule has 0 spiro atoms. The molecule has 2 atom stereocenters. The molecular weight excluding hydrogens is 938 g/mol. The third-order valence-corrected chi connectivity index (χ3v) is 16.2. The highest BCUT2D eigenvalue weighted by molar-refractivity contribution is 6.10. The van der Waals surface area contributed by atoms with E-state index in [2.05, 4.69) is 30.2 Å². The Bertz CT molecular complexity index is 2980. The van der Waals surface area contributed by atoms with Crippen molar-refractivity contribution in [3.05, 3.63) is 136 Å². The fourth-order valence-electron chi connectivity index (χ4n) is 12.0. The van der Waals surface area contributed by atoms with Gasteiger partial charge in [-0.15, -0.1) is 10.2 Å². The fourth-order valence-corrected chi connectivity index (χ4v) is 12.0. The molecule has 5 aliphatic heterocycles. The van der Waals surface area contributed by atoms with Crippen LogP contribution >= 0.6 is 0 Å². The normalized spacial score (nSPS) is 20.3. The number of halogens is 3. The number of carbonyl (C=O) groups excluding carboxylic acids is 5. The summed E-state index contributed by atoms with van der Waals surface area (Å²) in [6.07, 6.45) is 2.36. The van der Waals surface area contributed by atoms with Crippen LogP contribution in [0.4, 0.5) is 30.2 Å². The van der Waals surface area contributed by atoms with Gasteiger partial charge in [-0.1, -0.05) is 18.6 Å². The number of nitrogens with zero attached hydrogens (tertiary/aromatic N) is 9. The van der Waals surface area contributed by atoms with Crippen molar-refractivity contribution in [1.29, 1.82) is 0 Å². The van der Waals surface area contributed by atoms with E-state index in [1.54, 1.807) is 28.3 Å². The van der Waals surface area contributed by atoms with Crippen LogP contribution in [0.3, 0.4) is 0 Å². The zero-order valence-corrected chi connectivity index (χ0v) is 41.1. The van der Waals surface area contributed by atoms with Crippen LogP contribution in [-0.4, -0.2) is 118 Å². The zero-order valence-electron chi connectivity index (χ0n) is 41.1. The second-order valence-corrected chi connectivity index (χ2v) is 20.8. The lowest BCUT2D eigenvalue weighted by atomic mass is 9.72. The van der Waals surface area contributed by atoms with Crippen LogP contribution in [0.2, 0.25) is 0 Å². The predicted octanol–water partition coefficient (Wildman–Crippen LogP) is 7.00. The molecule has 6 aliphatic rings. The van der Waals surface area contributed by atoms with E-state index in [4.69, 9.17) is 0 Å². The highest BCUT2D eigenvalue weighted by atomic mass is 19.4. The predicted molar refractivity (Wildman–Crippen MR) is 267 cm³/mol. The molecule has 5 amide bonds. The number of hydrogen-bond donors (Lipinski definition) is 1. The molecule has 0 radical (unpaired) electrons. The molecule has 1 N–H and O–H groups in total. The lowest BCUT2D eigenvalue weighted by molar-refractivity contribution is -0.138. The van der Waals surface area contributed by atoms with Gasteiger partial charge < -0.3 is 29.1 Å². The molecule has 18 heteroatoms. The first-order valence-electron chi connectivity index (χ1n) is 25.5. The summed E-state index contributed by atoms with van der Waals surface area (Å²) in [6.45, 7) is 5.37. The second-order valence-electron chi connectivity index (χ2n) is 20.8. The Morgan fingerprint density at radius 2 is 1.52 bits per heavy atom. The van der Waals surface area contributed by atoms with Gasteiger partial charge in [0.2, 0.25) is 11.8 Å². The maximum absolute atomic E-state index is 14.8. The van der Waals surface area contributed by atoms with Gasteiger partial charge in [-0.05, 0) is 146 Å². The lowest BCUT2D eigenvalue weighted by Crippen LogP contribution is -2.52. The van der Waals surface area contributed by atoms with Crippen molar-refractivity contribution < 1.29 is 37.1 Å². The molecule has 15 nitrogen and oxygen atoms in total. The van der Waals surface area contributed by atoms with Crippen LogP contribution in [0.5, 0.6) is 0 Å². The third-order valence-electron chi connectivity index (χ3n) is 16.2. The van der Waals surface area contributed by atoms with Crippen molar-refractivity contribution in [3.63, 3.8) is 0 Å². The van der Waals surface area contributed by atoms with E-state index in [0.29, 0.717) is 60.9 Å². The zero-order chi connectivity index (χ0) is 50.7. The number of likely N-dealkylation sites (tertiary alicyclic amines) is 1. The fraction of sp³-hybridized carbons (Fsp3) is 0.436. The number of piperidine rings is 2. The standard InChI is InChI=1S/C55H59F3N10O5/c1-62(52(71)37-9-11-40(12-10-37)65-21-23-66(24-22-65)41-13-14-43-39(28-41)31-68(53(43)72)47-15-16-48(69)60-51(47)70)29-34-17-19-64(20-18-34)30-35-25-44-45(46(26-35)55(56,57)58)32-67(54(44)73)42-8-4-7-38(27-42)49(36-5-3-6-36)50-61-59-33-63(50)2/h4,7-14,25-28,33-34,36,47,49H,3,5-6,15-24,29-32H2,1-2H3,(H,60,69,70)/t47-,49+/m0/s1. The minimum atomic E-state index is -4.64. The Morgan fingerprint density at radius 3 is 2.19 bits per heavy atom. The Labute approximate surface area is 421 Å². The molecule has 380 valence electrons. The summed E-state index contributed by atoms with van der Waals surface area (Å²) < 4.78 is 46.2. The van der Waals surface area contributed by atoms with Gasteiger partial charge in [-0.25, -0.2) is 0 Å². The third kappa shape index (κ3) is 9.45. The number of piperazine rings is 1. The number of aromatic nitrogens is 3. The number of hydrogen-bond acceptors (Lipinski definition) is 10.